The van der Waals surface area contributed by atoms with Crippen LogP contribution in [0.1, 0.15) is 12.2 Å². The number of methoxy groups -OCH3 is 1. The van der Waals surface area contributed by atoms with Gasteiger partial charge in [0.15, 0.2) is 11.5 Å². The molecule has 1 amide bonds. The molecule has 2 aliphatic rings. The van der Waals surface area contributed by atoms with Gasteiger partial charge in [0.05, 0.1) is 47.5 Å². The maximum atomic E-state index is 14.8. The Hall–Kier alpha value is -5.57. The van der Waals surface area contributed by atoms with Crippen LogP contribution in [0.2, 0.25) is 0 Å². The second-order valence-electron chi connectivity index (χ2n) is 12.0. The summed E-state index contributed by atoms with van der Waals surface area (Å²) in [6.07, 6.45) is 3.98. The van der Waals surface area contributed by atoms with E-state index in [0.717, 1.165) is 34.6 Å². The van der Waals surface area contributed by atoms with Gasteiger partial charge in [0.25, 0.3) is 0 Å². The minimum absolute atomic E-state index is 0.0297. The molecule has 4 bridgehead atoms. The Bertz CT molecular complexity index is 2200. The van der Waals surface area contributed by atoms with E-state index in [4.69, 9.17) is 19.4 Å². The lowest BCUT2D eigenvalue weighted by molar-refractivity contribution is -0.133. The number of rotatable bonds is 3. The number of carbonyl (C=O) groups excluding carboxylic acids is 1. The number of hydrogen-bond acceptors (Lipinski definition) is 10. The van der Waals surface area contributed by atoms with Gasteiger partial charge in [-0.15, -0.1) is 0 Å². The van der Waals surface area contributed by atoms with E-state index in [2.05, 4.69) is 24.6 Å². The quantitative estimate of drug-likeness (QED) is 0.279. The summed E-state index contributed by atoms with van der Waals surface area (Å²) in [5.74, 6) is -0.421. The van der Waals surface area contributed by atoms with E-state index in [9.17, 15) is 13.6 Å². The van der Waals surface area contributed by atoms with Crippen molar-refractivity contribution in [3.8, 4) is 23.0 Å². The van der Waals surface area contributed by atoms with Gasteiger partial charge in [0, 0.05) is 44.9 Å². The monoisotopic (exact) mass is 652 g/mol. The van der Waals surface area contributed by atoms with Gasteiger partial charge in [-0.3, -0.25) is 4.79 Å². The third-order valence-electron chi connectivity index (χ3n) is 9.01. The number of anilines is 1. The minimum Gasteiger partial charge on any atom is -0.458 e. The van der Waals surface area contributed by atoms with Crippen LogP contribution < -0.4 is 9.64 Å². The number of imidazole rings is 1. The third kappa shape index (κ3) is 4.97. The molecule has 15 heteroatoms. The van der Waals surface area contributed by atoms with Gasteiger partial charge in [0.2, 0.25) is 5.91 Å². The molecule has 1 fully saturated rings. The lowest BCUT2D eigenvalue weighted by Gasteiger charge is -2.30. The molecule has 0 radical (unpaired) electrons. The van der Waals surface area contributed by atoms with Gasteiger partial charge in [-0.05, 0) is 31.2 Å². The highest BCUT2D eigenvalue weighted by Crippen LogP contribution is 2.34. The van der Waals surface area contributed by atoms with E-state index in [1.807, 2.05) is 36.1 Å². The first-order chi connectivity index (χ1) is 23.3. The van der Waals surface area contributed by atoms with Crippen molar-refractivity contribution >= 4 is 33.8 Å². The summed E-state index contributed by atoms with van der Waals surface area (Å²) in [4.78, 5) is 40.7. The zero-order chi connectivity index (χ0) is 33.1. The number of aryl methyl sites for hydroxylation is 1. The number of benzene rings is 2. The number of aromatic nitrogens is 8. The van der Waals surface area contributed by atoms with Crippen molar-refractivity contribution in [3.63, 3.8) is 0 Å². The molecule has 8 rings (SSSR count). The number of ether oxygens (including phenoxy) is 2. The highest BCUT2D eigenvalue weighted by molar-refractivity contribution is 5.93. The molecule has 1 saturated heterocycles. The number of halogens is 2. The molecule has 0 saturated carbocycles. The van der Waals surface area contributed by atoms with Crippen molar-refractivity contribution in [2.75, 3.05) is 32.1 Å². The molecule has 3 atom stereocenters. The van der Waals surface area contributed by atoms with E-state index >= 15 is 0 Å². The second kappa shape index (κ2) is 11.6. The number of carbonyl (C=O) groups is 1. The Balaban J connectivity index is 1.22. The average Bonchev–Trinajstić information content (AvgIpc) is 3.79. The first-order valence-electron chi connectivity index (χ1n) is 15.4. The zero-order valence-corrected chi connectivity index (χ0v) is 26.3. The van der Waals surface area contributed by atoms with Gasteiger partial charge < -0.3 is 23.8 Å². The number of likely N-dealkylation sites (N-methyl/N-ethyl adjacent to an activating group) is 1. The summed E-state index contributed by atoms with van der Waals surface area (Å²) < 4.78 is 44.1. The topological polar surface area (TPSA) is 129 Å². The van der Waals surface area contributed by atoms with Crippen LogP contribution in [0, 0.1) is 18.6 Å². The van der Waals surface area contributed by atoms with Gasteiger partial charge in [-0.1, -0.05) is 12.1 Å². The SMILES string of the molecule is CO[C@H]1CN(C)C(=O)[C@@H]2C[C@@H](CN2c2ncnc3c2cnn3-c2ccc(F)cc2F)Oc2nccc(n2)-c2cccc3nc(C)n(c23)C1. The van der Waals surface area contributed by atoms with Gasteiger partial charge >= 0.3 is 6.01 Å². The standard InChI is InChI=1S/C33H30F2N10O3/c1-18-40-26-6-4-5-22-25-9-10-36-33(41-25)48-20-12-28(32(46)42(2)14-21(47-3)16-43(18)29(22)26)44(15-20)30-23-13-39-45(31(23)38-17-37-30)27-8-7-19(34)11-24(27)35/h4-11,13,17,20-21,28H,12,14-16H2,1-3H3/t20-,21-,28-/m0/s1. The second-order valence-corrected chi connectivity index (χ2v) is 12.0. The highest BCUT2D eigenvalue weighted by atomic mass is 19.1. The summed E-state index contributed by atoms with van der Waals surface area (Å²) in [6.45, 7) is 2.97. The summed E-state index contributed by atoms with van der Waals surface area (Å²) in [5.41, 5.74) is 3.61. The van der Waals surface area contributed by atoms with Crippen molar-refractivity contribution in [1.82, 2.24) is 44.2 Å². The number of para-hydroxylation sites is 1. The van der Waals surface area contributed by atoms with E-state index in [1.54, 1.807) is 25.3 Å². The molecule has 0 unspecified atom stereocenters. The first kappa shape index (κ1) is 29.8. The van der Waals surface area contributed by atoms with Crippen molar-refractivity contribution in [1.29, 1.82) is 0 Å². The maximum Gasteiger partial charge on any atom is 0.317 e. The lowest BCUT2D eigenvalue weighted by atomic mass is 10.1. The molecule has 0 spiro atoms. The molecule has 0 aliphatic carbocycles. The molecule has 2 aromatic carbocycles. The molecular formula is C33H30F2N10O3. The van der Waals surface area contributed by atoms with Crippen molar-refractivity contribution in [2.24, 2.45) is 0 Å². The predicted molar refractivity (Wildman–Crippen MR) is 171 cm³/mol. The van der Waals surface area contributed by atoms with Crippen molar-refractivity contribution in [2.45, 2.75) is 38.1 Å². The molecule has 4 aromatic heterocycles. The van der Waals surface area contributed by atoms with Crippen molar-refractivity contribution < 1.29 is 23.0 Å². The zero-order valence-electron chi connectivity index (χ0n) is 26.3. The van der Waals surface area contributed by atoms with E-state index in [0.29, 0.717) is 42.1 Å². The van der Waals surface area contributed by atoms with Crippen LogP contribution >= 0.6 is 0 Å². The molecule has 6 heterocycles. The molecule has 48 heavy (non-hydrogen) atoms. The predicted octanol–water partition coefficient (Wildman–Crippen LogP) is 3.72. The molecule has 2 aliphatic heterocycles. The summed E-state index contributed by atoms with van der Waals surface area (Å²) in [6, 6.07) is 10.5. The van der Waals surface area contributed by atoms with Crippen LogP contribution in [0.25, 0.3) is 39.0 Å². The summed E-state index contributed by atoms with van der Waals surface area (Å²) in [5, 5.41) is 4.85. The molecular weight excluding hydrogens is 622 g/mol. The number of amides is 1. The van der Waals surface area contributed by atoms with Crippen LogP contribution in [0.15, 0.2) is 61.2 Å². The number of hydrogen-bond donors (Lipinski definition) is 0. The third-order valence-corrected chi connectivity index (χ3v) is 9.01. The largest absolute Gasteiger partial charge is 0.458 e. The minimum atomic E-state index is -0.790. The summed E-state index contributed by atoms with van der Waals surface area (Å²) in [7, 11) is 3.38. The maximum absolute atomic E-state index is 14.8. The van der Waals surface area contributed by atoms with E-state index in [1.165, 1.54) is 23.3 Å². The van der Waals surface area contributed by atoms with Gasteiger partial charge in [-0.2, -0.15) is 10.1 Å². The van der Waals surface area contributed by atoms with Crippen LogP contribution in [0.4, 0.5) is 14.6 Å². The van der Waals surface area contributed by atoms with Crippen molar-refractivity contribution in [3.05, 3.63) is 78.6 Å². The Kier molecular flexibility index (Phi) is 7.20. The fourth-order valence-electron chi connectivity index (χ4n) is 6.73. The van der Waals surface area contributed by atoms with E-state index < -0.39 is 23.8 Å². The average molecular weight is 653 g/mol. The van der Waals surface area contributed by atoms with Crippen LogP contribution in [0.5, 0.6) is 6.01 Å². The Labute approximate surface area is 272 Å². The normalized spacial score (nSPS) is 19.9. The molecule has 6 aromatic rings. The van der Waals surface area contributed by atoms with Gasteiger partial charge in [0.1, 0.15) is 41.6 Å². The van der Waals surface area contributed by atoms with E-state index in [-0.39, 0.29) is 30.3 Å². The first-order valence-corrected chi connectivity index (χ1v) is 15.4. The van der Waals surface area contributed by atoms with Crippen LogP contribution in [-0.4, -0.2) is 95.6 Å². The fraction of sp³-hybridized carbons (Fsp3) is 0.303. The van der Waals surface area contributed by atoms with Crippen LogP contribution in [0.3, 0.4) is 0 Å². The van der Waals surface area contributed by atoms with Crippen LogP contribution in [-0.2, 0) is 16.1 Å². The smallest absolute Gasteiger partial charge is 0.317 e. The Morgan fingerprint density at radius 2 is 1.90 bits per heavy atom. The molecule has 13 nitrogen and oxygen atoms in total. The Morgan fingerprint density at radius 1 is 1.02 bits per heavy atom. The Morgan fingerprint density at radius 3 is 2.73 bits per heavy atom. The lowest BCUT2D eigenvalue weighted by Crippen LogP contribution is -2.47. The van der Waals surface area contributed by atoms with Gasteiger partial charge in [-0.25, -0.2) is 33.4 Å². The highest BCUT2D eigenvalue weighted by Gasteiger charge is 2.42. The molecule has 244 valence electrons. The summed E-state index contributed by atoms with van der Waals surface area (Å²) >= 11 is 0. The number of fused-ring (bicyclic) bond motifs is 6. The number of nitrogens with zero attached hydrogens (tertiary/aromatic N) is 10. The molecule has 0 N–H and O–H groups in total. The fourth-order valence-corrected chi connectivity index (χ4v) is 6.73.